The van der Waals surface area contributed by atoms with Gasteiger partial charge < -0.3 is 15.0 Å². The van der Waals surface area contributed by atoms with E-state index in [4.69, 9.17) is 4.74 Å². The zero-order valence-corrected chi connectivity index (χ0v) is 13.4. The topological polar surface area (TPSA) is 76.5 Å². The van der Waals surface area contributed by atoms with E-state index in [0.29, 0.717) is 25.6 Å². The molecule has 1 fully saturated rings. The van der Waals surface area contributed by atoms with Crippen LogP contribution < -0.4 is 10.2 Å². The molecule has 1 aliphatic rings. The quantitative estimate of drug-likeness (QED) is 0.751. The molecule has 2 amide bonds. The Bertz CT molecular complexity index is 527. The number of anilines is 1. The summed E-state index contributed by atoms with van der Waals surface area (Å²) in [5, 5.41) is 7.06. The van der Waals surface area contributed by atoms with Crippen molar-refractivity contribution in [3.8, 4) is 0 Å². The molecule has 1 aliphatic heterocycles. The van der Waals surface area contributed by atoms with Crippen molar-refractivity contribution in [1.29, 1.82) is 0 Å². The monoisotopic (exact) mass is 308 g/mol. The summed E-state index contributed by atoms with van der Waals surface area (Å²) in [4.78, 5) is 25.8. The minimum Gasteiger partial charge on any atom is -0.383 e. The molecule has 2 heterocycles. The van der Waals surface area contributed by atoms with E-state index in [2.05, 4.69) is 24.3 Å². The maximum atomic E-state index is 12.1. The van der Waals surface area contributed by atoms with E-state index in [1.54, 1.807) is 18.2 Å². The second-order valence-electron chi connectivity index (χ2n) is 6.00. The van der Waals surface area contributed by atoms with Gasteiger partial charge in [-0.15, -0.1) is 0 Å². The largest absolute Gasteiger partial charge is 0.383 e. The van der Waals surface area contributed by atoms with Gasteiger partial charge in [-0.1, -0.05) is 13.8 Å². The first-order chi connectivity index (χ1) is 10.5. The molecule has 0 radical (unpaired) electrons. The molecule has 7 heteroatoms. The third-order valence-corrected chi connectivity index (χ3v) is 3.58. The lowest BCUT2D eigenvalue weighted by molar-refractivity contribution is -0.126. The zero-order chi connectivity index (χ0) is 16.1. The van der Waals surface area contributed by atoms with Gasteiger partial charge in [0.05, 0.1) is 24.4 Å². The van der Waals surface area contributed by atoms with Crippen LogP contribution in [-0.2, 0) is 20.9 Å². The van der Waals surface area contributed by atoms with Crippen molar-refractivity contribution in [3.63, 3.8) is 0 Å². The molecule has 1 aromatic heterocycles. The van der Waals surface area contributed by atoms with E-state index in [1.165, 1.54) is 0 Å². The fraction of sp³-hybridized carbons (Fsp3) is 0.667. The summed E-state index contributed by atoms with van der Waals surface area (Å²) in [6, 6.07) is 0. The predicted octanol–water partition coefficient (Wildman–Crippen LogP) is 0.655. The Morgan fingerprint density at radius 3 is 3.00 bits per heavy atom. The van der Waals surface area contributed by atoms with E-state index in [-0.39, 0.29) is 24.2 Å². The van der Waals surface area contributed by atoms with E-state index in [9.17, 15) is 9.59 Å². The highest BCUT2D eigenvalue weighted by Gasteiger charge is 2.35. The van der Waals surface area contributed by atoms with Crippen LogP contribution in [0.4, 0.5) is 5.69 Å². The van der Waals surface area contributed by atoms with Crippen molar-refractivity contribution in [2.45, 2.75) is 26.8 Å². The molecule has 7 nitrogen and oxygen atoms in total. The molecule has 2 rings (SSSR count). The van der Waals surface area contributed by atoms with Crippen LogP contribution >= 0.6 is 0 Å². The number of hydrogen-bond acceptors (Lipinski definition) is 4. The van der Waals surface area contributed by atoms with Crippen molar-refractivity contribution < 1.29 is 14.3 Å². The molecule has 22 heavy (non-hydrogen) atoms. The Kier molecular flexibility index (Phi) is 5.54. The molecule has 1 unspecified atom stereocenters. The van der Waals surface area contributed by atoms with Crippen LogP contribution in [-0.4, -0.2) is 48.4 Å². The highest BCUT2D eigenvalue weighted by Crippen LogP contribution is 2.24. The molecule has 0 bridgehead atoms. The first-order valence-electron chi connectivity index (χ1n) is 7.60. The average Bonchev–Trinajstić information content (AvgIpc) is 3.05. The van der Waals surface area contributed by atoms with Crippen LogP contribution in [0.2, 0.25) is 0 Å². The number of hydrogen-bond donors (Lipinski definition) is 1. The number of aromatic nitrogens is 2. The highest BCUT2D eigenvalue weighted by atomic mass is 16.5. The van der Waals surface area contributed by atoms with Gasteiger partial charge in [-0.3, -0.25) is 14.3 Å². The normalized spacial score (nSPS) is 18.3. The van der Waals surface area contributed by atoms with Gasteiger partial charge in [-0.25, -0.2) is 0 Å². The second kappa shape index (κ2) is 7.40. The standard InChI is InChI=1S/C15H24N4O3/c1-11(2)8-18-10-13(7-17-18)19-9-12(6-14(19)20)15(21)16-4-5-22-3/h7,10-12H,4-6,8-9H2,1-3H3,(H,16,21). The summed E-state index contributed by atoms with van der Waals surface area (Å²) < 4.78 is 6.73. The molecule has 1 atom stereocenters. The number of nitrogens with zero attached hydrogens (tertiary/aromatic N) is 3. The van der Waals surface area contributed by atoms with Gasteiger partial charge in [0.1, 0.15) is 0 Å². The van der Waals surface area contributed by atoms with Gasteiger partial charge in [-0.05, 0) is 5.92 Å². The molecule has 0 aromatic carbocycles. The Morgan fingerprint density at radius 2 is 2.32 bits per heavy atom. The Balaban J connectivity index is 1.94. The van der Waals surface area contributed by atoms with Crippen molar-refractivity contribution >= 4 is 17.5 Å². The summed E-state index contributed by atoms with van der Waals surface area (Å²) in [6.45, 7) is 6.38. The number of amides is 2. The average molecular weight is 308 g/mol. The molecule has 0 aliphatic carbocycles. The number of rotatable bonds is 7. The smallest absolute Gasteiger partial charge is 0.227 e. The van der Waals surface area contributed by atoms with Crippen LogP contribution in [0.3, 0.4) is 0 Å². The van der Waals surface area contributed by atoms with Gasteiger partial charge in [0, 0.05) is 39.4 Å². The van der Waals surface area contributed by atoms with Crippen LogP contribution in [0, 0.1) is 11.8 Å². The van der Waals surface area contributed by atoms with Crippen molar-refractivity contribution in [2.24, 2.45) is 11.8 Å². The van der Waals surface area contributed by atoms with Crippen LogP contribution in [0.25, 0.3) is 0 Å². The molecule has 122 valence electrons. The van der Waals surface area contributed by atoms with Crippen LogP contribution in [0.15, 0.2) is 12.4 Å². The predicted molar refractivity (Wildman–Crippen MR) is 82.4 cm³/mol. The first-order valence-corrected chi connectivity index (χ1v) is 7.60. The number of ether oxygens (including phenoxy) is 1. The summed E-state index contributed by atoms with van der Waals surface area (Å²) in [6.07, 6.45) is 3.79. The summed E-state index contributed by atoms with van der Waals surface area (Å²) in [7, 11) is 1.59. The molecule has 0 spiro atoms. The highest BCUT2D eigenvalue weighted by molar-refractivity contribution is 6.00. The first kappa shape index (κ1) is 16.5. The lowest BCUT2D eigenvalue weighted by Crippen LogP contribution is -2.34. The maximum absolute atomic E-state index is 12.1. The van der Waals surface area contributed by atoms with E-state index < -0.39 is 0 Å². The Morgan fingerprint density at radius 1 is 1.55 bits per heavy atom. The zero-order valence-electron chi connectivity index (χ0n) is 13.4. The van der Waals surface area contributed by atoms with Crippen molar-refractivity contribution in [1.82, 2.24) is 15.1 Å². The van der Waals surface area contributed by atoms with Gasteiger partial charge >= 0.3 is 0 Å². The molecule has 0 saturated carbocycles. The Labute approximate surface area is 130 Å². The third-order valence-electron chi connectivity index (χ3n) is 3.58. The van der Waals surface area contributed by atoms with Gasteiger partial charge in [0.15, 0.2) is 0 Å². The fourth-order valence-electron chi connectivity index (χ4n) is 2.52. The van der Waals surface area contributed by atoms with Gasteiger partial charge in [0.25, 0.3) is 0 Å². The minimum atomic E-state index is -0.308. The van der Waals surface area contributed by atoms with Crippen molar-refractivity contribution in [2.75, 3.05) is 31.7 Å². The number of carbonyl (C=O) groups is 2. The summed E-state index contributed by atoms with van der Waals surface area (Å²) in [5.74, 6) is 0.0533. The van der Waals surface area contributed by atoms with Crippen LogP contribution in [0.1, 0.15) is 20.3 Å². The number of carbonyl (C=O) groups excluding carboxylic acids is 2. The lowest BCUT2D eigenvalue weighted by Gasteiger charge is -2.14. The molecule has 1 aromatic rings. The summed E-state index contributed by atoms with van der Waals surface area (Å²) >= 11 is 0. The van der Waals surface area contributed by atoms with Gasteiger partial charge in [0.2, 0.25) is 11.8 Å². The van der Waals surface area contributed by atoms with E-state index in [0.717, 1.165) is 12.2 Å². The van der Waals surface area contributed by atoms with E-state index >= 15 is 0 Å². The van der Waals surface area contributed by atoms with E-state index in [1.807, 2.05) is 10.9 Å². The maximum Gasteiger partial charge on any atom is 0.227 e. The third kappa shape index (κ3) is 4.07. The molecule has 1 N–H and O–H groups in total. The molecular formula is C15H24N4O3. The van der Waals surface area contributed by atoms with Crippen molar-refractivity contribution in [3.05, 3.63) is 12.4 Å². The molecule has 1 saturated heterocycles. The summed E-state index contributed by atoms with van der Waals surface area (Å²) in [5.41, 5.74) is 0.762. The molecular weight excluding hydrogens is 284 g/mol. The van der Waals surface area contributed by atoms with Crippen LogP contribution in [0.5, 0.6) is 0 Å². The Hall–Kier alpha value is -1.89. The minimum absolute atomic E-state index is 0.0315. The lowest BCUT2D eigenvalue weighted by atomic mass is 10.1. The second-order valence-corrected chi connectivity index (χ2v) is 6.00. The van der Waals surface area contributed by atoms with Gasteiger partial charge in [-0.2, -0.15) is 5.10 Å². The SMILES string of the molecule is COCCNC(=O)C1CC(=O)N(c2cnn(CC(C)C)c2)C1. The number of methoxy groups -OCH3 is 1. The number of nitrogens with one attached hydrogen (secondary N) is 1. The fourth-order valence-corrected chi connectivity index (χ4v) is 2.52.